The lowest BCUT2D eigenvalue weighted by Crippen LogP contribution is -2.40. The number of amides is 1. The maximum atomic E-state index is 11.5. The summed E-state index contributed by atoms with van der Waals surface area (Å²) in [7, 11) is 0. The first kappa shape index (κ1) is 9.47. The number of carbonyl (C=O) groups is 1. The molecule has 0 spiro atoms. The highest BCUT2D eigenvalue weighted by Crippen LogP contribution is 2.37. The van der Waals surface area contributed by atoms with Crippen LogP contribution in [0.4, 0.5) is 0 Å². The molecule has 0 aromatic carbocycles. The summed E-state index contributed by atoms with van der Waals surface area (Å²) >= 11 is 1.72. The van der Waals surface area contributed by atoms with Crippen LogP contribution in [-0.2, 0) is 4.79 Å². The lowest BCUT2D eigenvalue weighted by Gasteiger charge is -2.20. The molecule has 66 valence electrons. The highest BCUT2D eigenvalue weighted by atomic mass is 32.2. The van der Waals surface area contributed by atoms with Crippen molar-refractivity contribution in [2.75, 3.05) is 12.3 Å². The van der Waals surface area contributed by atoms with Crippen LogP contribution in [0.15, 0.2) is 0 Å². The Morgan fingerprint density at radius 3 is 3.08 bits per heavy atom. The first-order valence-electron chi connectivity index (χ1n) is 4.05. The van der Waals surface area contributed by atoms with Gasteiger partial charge in [-0.3, -0.25) is 4.79 Å². The zero-order chi connectivity index (χ0) is 9.03. The third kappa shape index (κ3) is 1.95. The van der Waals surface area contributed by atoms with Crippen LogP contribution >= 0.6 is 11.8 Å². The van der Waals surface area contributed by atoms with Crippen molar-refractivity contribution in [3.8, 4) is 12.3 Å². The average molecular weight is 183 g/mol. The number of terminal acetylenes is 1. The number of rotatable bonds is 2. The maximum absolute atomic E-state index is 11.5. The van der Waals surface area contributed by atoms with E-state index in [4.69, 9.17) is 6.42 Å². The summed E-state index contributed by atoms with van der Waals surface area (Å²) in [6.07, 6.45) is 7.14. The quantitative estimate of drug-likeness (QED) is 0.648. The third-order valence-corrected chi connectivity index (χ3v) is 3.57. The molecule has 1 N–H and O–H groups in total. The van der Waals surface area contributed by atoms with Gasteiger partial charge in [0.25, 0.3) is 0 Å². The standard InChI is InChI=1S/C9H13NOS/c1-3-6-10-8(11)9(2)5-4-7-12-9/h1H,4-7H2,2H3,(H,10,11). The SMILES string of the molecule is C#CCNC(=O)C1(C)CCCS1. The molecular formula is C9H13NOS. The van der Waals surface area contributed by atoms with Gasteiger partial charge < -0.3 is 5.32 Å². The van der Waals surface area contributed by atoms with E-state index in [0.29, 0.717) is 6.54 Å². The summed E-state index contributed by atoms with van der Waals surface area (Å²) in [5, 5.41) is 2.72. The Hall–Kier alpha value is -0.620. The first-order valence-corrected chi connectivity index (χ1v) is 5.03. The van der Waals surface area contributed by atoms with Crippen LogP contribution in [-0.4, -0.2) is 23.0 Å². The van der Waals surface area contributed by atoms with E-state index in [1.165, 1.54) is 0 Å². The van der Waals surface area contributed by atoms with Crippen LogP contribution in [0.25, 0.3) is 0 Å². The molecule has 0 bridgehead atoms. The molecule has 1 unspecified atom stereocenters. The Morgan fingerprint density at radius 2 is 2.58 bits per heavy atom. The molecule has 3 heteroatoms. The fourth-order valence-electron chi connectivity index (χ4n) is 1.28. The summed E-state index contributed by atoms with van der Waals surface area (Å²) < 4.78 is -0.225. The minimum Gasteiger partial charge on any atom is -0.344 e. The van der Waals surface area contributed by atoms with Crippen molar-refractivity contribution in [2.24, 2.45) is 0 Å². The Labute approximate surface area is 77.5 Å². The number of hydrogen-bond donors (Lipinski definition) is 1. The molecule has 1 saturated heterocycles. The van der Waals surface area contributed by atoms with Gasteiger partial charge in [0.2, 0.25) is 5.91 Å². The molecule has 2 nitrogen and oxygen atoms in total. The molecular weight excluding hydrogens is 170 g/mol. The molecule has 1 rings (SSSR count). The van der Waals surface area contributed by atoms with Crippen molar-refractivity contribution in [3.05, 3.63) is 0 Å². The van der Waals surface area contributed by atoms with Gasteiger partial charge in [0.05, 0.1) is 11.3 Å². The maximum Gasteiger partial charge on any atom is 0.236 e. The number of hydrogen-bond acceptors (Lipinski definition) is 2. The van der Waals surface area contributed by atoms with Crippen molar-refractivity contribution >= 4 is 17.7 Å². The van der Waals surface area contributed by atoms with Crippen LogP contribution < -0.4 is 5.32 Å². The van der Waals surface area contributed by atoms with Gasteiger partial charge in [-0.15, -0.1) is 18.2 Å². The summed E-state index contributed by atoms with van der Waals surface area (Å²) in [5.41, 5.74) is 0. The van der Waals surface area contributed by atoms with Crippen molar-refractivity contribution < 1.29 is 4.79 Å². The van der Waals surface area contributed by atoms with Gasteiger partial charge in [0.15, 0.2) is 0 Å². The van der Waals surface area contributed by atoms with E-state index in [-0.39, 0.29) is 10.7 Å². The van der Waals surface area contributed by atoms with Crippen molar-refractivity contribution in [3.63, 3.8) is 0 Å². The van der Waals surface area contributed by atoms with Gasteiger partial charge in [0, 0.05) is 0 Å². The number of thioether (sulfide) groups is 1. The number of nitrogens with one attached hydrogen (secondary N) is 1. The second kappa shape index (κ2) is 3.86. The Bertz CT molecular complexity index is 213. The van der Waals surface area contributed by atoms with E-state index in [1.807, 2.05) is 6.92 Å². The van der Waals surface area contributed by atoms with Crippen molar-refractivity contribution in [2.45, 2.75) is 24.5 Å². The second-order valence-corrected chi connectivity index (χ2v) is 4.67. The van der Waals surface area contributed by atoms with E-state index >= 15 is 0 Å². The largest absolute Gasteiger partial charge is 0.344 e. The molecule has 1 fully saturated rings. The molecule has 1 aliphatic heterocycles. The molecule has 1 aliphatic rings. The normalized spacial score (nSPS) is 28.0. The molecule has 0 aliphatic carbocycles. The molecule has 0 aromatic heterocycles. The smallest absolute Gasteiger partial charge is 0.236 e. The van der Waals surface area contributed by atoms with E-state index < -0.39 is 0 Å². The van der Waals surface area contributed by atoms with Crippen molar-refractivity contribution in [1.29, 1.82) is 0 Å². The van der Waals surface area contributed by atoms with Crippen LogP contribution in [0.3, 0.4) is 0 Å². The fourth-order valence-corrected chi connectivity index (χ4v) is 2.51. The molecule has 0 aromatic rings. The van der Waals surface area contributed by atoms with Gasteiger partial charge >= 0.3 is 0 Å². The Morgan fingerprint density at radius 1 is 1.83 bits per heavy atom. The summed E-state index contributed by atoms with van der Waals surface area (Å²) in [4.78, 5) is 11.5. The van der Waals surface area contributed by atoms with Crippen LogP contribution in [0.5, 0.6) is 0 Å². The molecule has 1 atom stereocenters. The lowest BCUT2D eigenvalue weighted by atomic mass is 10.1. The molecule has 12 heavy (non-hydrogen) atoms. The predicted molar refractivity (Wildman–Crippen MR) is 51.9 cm³/mol. The highest BCUT2D eigenvalue weighted by molar-refractivity contribution is 8.01. The van der Waals surface area contributed by atoms with Gasteiger partial charge in [-0.1, -0.05) is 5.92 Å². The van der Waals surface area contributed by atoms with E-state index in [2.05, 4.69) is 11.2 Å². The van der Waals surface area contributed by atoms with Crippen LogP contribution in [0.2, 0.25) is 0 Å². The zero-order valence-corrected chi connectivity index (χ0v) is 8.04. The summed E-state index contributed by atoms with van der Waals surface area (Å²) in [6.45, 7) is 2.32. The predicted octanol–water partition coefficient (Wildman–Crippen LogP) is 1.02. The molecule has 1 heterocycles. The topological polar surface area (TPSA) is 29.1 Å². The zero-order valence-electron chi connectivity index (χ0n) is 7.22. The van der Waals surface area contributed by atoms with E-state index in [0.717, 1.165) is 18.6 Å². The summed E-state index contributed by atoms with van der Waals surface area (Å²) in [5.74, 6) is 3.57. The highest BCUT2D eigenvalue weighted by Gasteiger charge is 2.36. The average Bonchev–Trinajstić information content (AvgIpc) is 2.49. The second-order valence-electron chi connectivity index (χ2n) is 3.07. The number of carbonyl (C=O) groups excluding carboxylic acids is 1. The van der Waals surface area contributed by atoms with Gasteiger partial charge in [-0.25, -0.2) is 0 Å². The first-order chi connectivity index (χ1) is 5.69. The minimum atomic E-state index is -0.225. The monoisotopic (exact) mass is 183 g/mol. The minimum absolute atomic E-state index is 0.0861. The summed E-state index contributed by atoms with van der Waals surface area (Å²) in [6, 6.07) is 0. The molecule has 1 amide bonds. The fraction of sp³-hybridized carbons (Fsp3) is 0.667. The lowest BCUT2D eigenvalue weighted by molar-refractivity contribution is -0.122. The van der Waals surface area contributed by atoms with Crippen molar-refractivity contribution in [1.82, 2.24) is 5.32 Å². The molecule has 0 saturated carbocycles. The van der Waals surface area contributed by atoms with Crippen LogP contribution in [0.1, 0.15) is 19.8 Å². The Balaban J connectivity index is 2.45. The van der Waals surface area contributed by atoms with Gasteiger partial charge in [0.1, 0.15) is 0 Å². The van der Waals surface area contributed by atoms with E-state index in [1.54, 1.807) is 11.8 Å². The van der Waals surface area contributed by atoms with Gasteiger partial charge in [-0.05, 0) is 25.5 Å². The third-order valence-electron chi connectivity index (χ3n) is 2.05. The van der Waals surface area contributed by atoms with Crippen LogP contribution in [0, 0.1) is 12.3 Å². The molecule has 0 radical (unpaired) electrons. The van der Waals surface area contributed by atoms with Gasteiger partial charge in [-0.2, -0.15) is 0 Å². The van der Waals surface area contributed by atoms with E-state index in [9.17, 15) is 4.79 Å². The Kier molecular flexibility index (Phi) is 3.05.